The number of rotatable bonds is 8. The Morgan fingerprint density at radius 3 is 2.39 bits per heavy atom. The van der Waals surface area contributed by atoms with E-state index in [1.165, 1.54) is 41.6 Å². The maximum absolute atomic E-state index is 12.5. The summed E-state index contributed by atoms with van der Waals surface area (Å²) in [7, 11) is 0. The molecule has 1 amide bonds. The topological polar surface area (TPSA) is 64.0 Å². The summed E-state index contributed by atoms with van der Waals surface area (Å²) in [5, 5.41) is 7.07. The van der Waals surface area contributed by atoms with E-state index in [2.05, 4.69) is 17.3 Å². The molecular weight excluding hydrogens is 350 g/mol. The summed E-state index contributed by atoms with van der Waals surface area (Å²) in [4.78, 5) is 24.6. The molecule has 0 saturated heterocycles. The van der Waals surface area contributed by atoms with E-state index in [-0.39, 0.29) is 17.2 Å². The Labute approximate surface area is 165 Å². The van der Waals surface area contributed by atoms with E-state index in [1.807, 2.05) is 54.6 Å². The molecule has 0 saturated carbocycles. The lowest BCUT2D eigenvalue weighted by atomic mass is 10.1. The average molecular weight is 375 g/mol. The molecule has 1 heterocycles. The Morgan fingerprint density at radius 2 is 1.68 bits per heavy atom. The molecule has 0 unspecified atom stereocenters. The summed E-state index contributed by atoms with van der Waals surface area (Å²) in [5.41, 5.74) is 2.90. The van der Waals surface area contributed by atoms with Gasteiger partial charge in [-0.2, -0.15) is 5.10 Å². The van der Waals surface area contributed by atoms with Gasteiger partial charge >= 0.3 is 0 Å². The molecule has 0 aliphatic carbocycles. The van der Waals surface area contributed by atoms with Crippen LogP contribution < -0.4 is 10.9 Å². The monoisotopic (exact) mass is 375 g/mol. The molecule has 0 atom stereocenters. The summed E-state index contributed by atoms with van der Waals surface area (Å²) in [5.74, 6) is -0.333. The molecule has 5 nitrogen and oxygen atoms in total. The molecule has 0 aliphatic rings. The number of anilines is 1. The van der Waals surface area contributed by atoms with E-state index in [4.69, 9.17) is 0 Å². The van der Waals surface area contributed by atoms with E-state index in [9.17, 15) is 9.59 Å². The Kier molecular flexibility index (Phi) is 6.73. The van der Waals surface area contributed by atoms with Crippen molar-refractivity contribution in [3.05, 3.63) is 93.9 Å². The molecule has 0 aliphatic heterocycles. The highest BCUT2D eigenvalue weighted by Gasteiger charge is 2.10. The van der Waals surface area contributed by atoms with Gasteiger partial charge in [-0.3, -0.25) is 9.59 Å². The third-order valence-corrected chi connectivity index (χ3v) is 4.56. The summed E-state index contributed by atoms with van der Waals surface area (Å²) in [6.45, 7) is 2.52. The first kappa shape index (κ1) is 19.5. The van der Waals surface area contributed by atoms with Gasteiger partial charge in [0.1, 0.15) is 5.69 Å². The minimum absolute atomic E-state index is 0.211. The highest BCUT2D eigenvalue weighted by molar-refractivity contribution is 6.02. The first-order valence-electron chi connectivity index (χ1n) is 9.68. The van der Waals surface area contributed by atoms with Crippen LogP contribution >= 0.6 is 0 Å². The fourth-order valence-corrected chi connectivity index (χ4v) is 2.97. The van der Waals surface area contributed by atoms with Crippen molar-refractivity contribution in [1.82, 2.24) is 9.78 Å². The SMILES string of the molecule is CCCCCc1ccc(NC(=O)c2ccc(=O)n(Cc3ccccc3)n2)cc1. The molecule has 3 rings (SSSR count). The lowest BCUT2D eigenvalue weighted by Gasteiger charge is -2.09. The molecular formula is C23H25N3O2. The summed E-state index contributed by atoms with van der Waals surface area (Å²) < 4.78 is 1.31. The van der Waals surface area contributed by atoms with Crippen molar-refractivity contribution < 1.29 is 4.79 Å². The molecule has 1 N–H and O–H groups in total. The van der Waals surface area contributed by atoms with Crippen molar-refractivity contribution >= 4 is 11.6 Å². The molecule has 144 valence electrons. The van der Waals surface area contributed by atoms with Gasteiger partial charge in [0.15, 0.2) is 0 Å². The molecule has 0 bridgehead atoms. The van der Waals surface area contributed by atoms with Gasteiger partial charge in [-0.05, 0) is 42.2 Å². The van der Waals surface area contributed by atoms with Crippen LogP contribution in [0.1, 0.15) is 47.8 Å². The standard InChI is InChI=1S/C23H25N3O2/c1-2-3-5-8-18-11-13-20(14-12-18)24-23(28)21-15-16-22(27)26(25-21)17-19-9-6-4-7-10-19/h4,6-7,9-16H,2-3,5,8,17H2,1H3,(H,24,28). The third-order valence-electron chi connectivity index (χ3n) is 4.56. The van der Waals surface area contributed by atoms with Crippen molar-refractivity contribution in [2.45, 2.75) is 39.2 Å². The van der Waals surface area contributed by atoms with Crippen LogP contribution in [0.25, 0.3) is 0 Å². The fourth-order valence-electron chi connectivity index (χ4n) is 2.97. The van der Waals surface area contributed by atoms with Crippen LogP contribution in [-0.4, -0.2) is 15.7 Å². The number of hydrogen-bond acceptors (Lipinski definition) is 3. The van der Waals surface area contributed by atoms with Gasteiger partial charge in [-0.1, -0.05) is 62.2 Å². The third kappa shape index (κ3) is 5.39. The maximum atomic E-state index is 12.5. The predicted octanol–water partition coefficient (Wildman–Crippen LogP) is 4.28. The summed E-state index contributed by atoms with van der Waals surface area (Å²) in [6, 6.07) is 20.3. The van der Waals surface area contributed by atoms with Gasteiger partial charge in [-0.25, -0.2) is 4.68 Å². The Balaban J connectivity index is 1.67. The normalized spacial score (nSPS) is 10.6. The van der Waals surface area contributed by atoms with Crippen LogP contribution in [-0.2, 0) is 13.0 Å². The Hall–Kier alpha value is -3.21. The highest BCUT2D eigenvalue weighted by atomic mass is 16.2. The van der Waals surface area contributed by atoms with Crippen LogP contribution in [0.2, 0.25) is 0 Å². The van der Waals surface area contributed by atoms with Gasteiger partial charge in [0.25, 0.3) is 11.5 Å². The van der Waals surface area contributed by atoms with Gasteiger partial charge in [0.2, 0.25) is 0 Å². The van der Waals surface area contributed by atoms with Crippen molar-refractivity contribution in [2.75, 3.05) is 5.32 Å². The summed E-state index contributed by atoms with van der Waals surface area (Å²) >= 11 is 0. The molecule has 5 heteroatoms. The second-order valence-electron chi connectivity index (χ2n) is 6.81. The van der Waals surface area contributed by atoms with E-state index in [0.717, 1.165) is 12.0 Å². The lowest BCUT2D eigenvalue weighted by molar-refractivity contribution is 0.102. The average Bonchev–Trinajstić information content (AvgIpc) is 2.72. The van der Waals surface area contributed by atoms with Crippen LogP contribution in [0.4, 0.5) is 5.69 Å². The Bertz CT molecular complexity index is 963. The molecule has 2 aromatic carbocycles. The predicted molar refractivity (Wildman–Crippen MR) is 112 cm³/mol. The van der Waals surface area contributed by atoms with E-state index in [0.29, 0.717) is 12.2 Å². The van der Waals surface area contributed by atoms with E-state index in [1.54, 1.807) is 0 Å². The number of nitrogens with zero attached hydrogens (tertiary/aromatic N) is 2. The lowest BCUT2D eigenvalue weighted by Crippen LogP contribution is -2.26. The van der Waals surface area contributed by atoms with Crippen LogP contribution in [0.5, 0.6) is 0 Å². The zero-order chi connectivity index (χ0) is 19.8. The second kappa shape index (κ2) is 9.65. The number of amides is 1. The minimum atomic E-state index is -0.333. The second-order valence-corrected chi connectivity index (χ2v) is 6.81. The number of aryl methyl sites for hydroxylation is 1. The maximum Gasteiger partial charge on any atom is 0.276 e. The van der Waals surface area contributed by atoms with Crippen molar-refractivity contribution in [1.29, 1.82) is 0 Å². The summed E-state index contributed by atoms with van der Waals surface area (Å²) in [6.07, 6.45) is 4.65. The molecule has 0 radical (unpaired) electrons. The van der Waals surface area contributed by atoms with Gasteiger partial charge in [0, 0.05) is 11.8 Å². The molecule has 28 heavy (non-hydrogen) atoms. The largest absolute Gasteiger partial charge is 0.321 e. The van der Waals surface area contributed by atoms with Gasteiger partial charge in [-0.15, -0.1) is 0 Å². The quantitative estimate of drug-likeness (QED) is 0.598. The number of carbonyl (C=O) groups excluding carboxylic acids is 1. The fraction of sp³-hybridized carbons (Fsp3) is 0.261. The number of unbranched alkanes of at least 4 members (excludes halogenated alkanes) is 2. The molecule has 1 aromatic heterocycles. The minimum Gasteiger partial charge on any atom is -0.321 e. The number of carbonyl (C=O) groups is 1. The van der Waals surface area contributed by atoms with Gasteiger partial charge in [0.05, 0.1) is 6.54 Å². The molecule has 3 aromatic rings. The van der Waals surface area contributed by atoms with Gasteiger partial charge < -0.3 is 5.32 Å². The van der Waals surface area contributed by atoms with Crippen LogP contribution in [0, 0.1) is 0 Å². The zero-order valence-corrected chi connectivity index (χ0v) is 16.1. The molecule has 0 fully saturated rings. The number of benzene rings is 2. The first-order valence-corrected chi connectivity index (χ1v) is 9.68. The Morgan fingerprint density at radius 1 is 0.929 bits per heavy atom. The van der Waals surface area contributed by atoms with Crippen molar-refractivity contribution in [2.24, 2.45) is 0 Å². The highest BCUT2D eigenvalue weighted by Crippen LogP contribution is 2.13. The molecule has 0 spiro atoms. The van der Waals surface area contributed by atoms with E-state index >= 15 is 0 Å². The van der Waals surface area contributed by atoms with Crippen LogP contribution in [0.3, 0.4) is 0 Å². The smallest absolute Gasteiger partial charge is 0.276 e. The van der Waals surface area contributed by atoms with E-state index < -0.39 is 0 Å². The first-order chi connectivity index (χ1) is 13.7. The number of aromatic nitrogens is 2. The van der Waals surface area contributed by atoms with Crippen molar-refractivity contribution in [3.63, 3.8) is 0 Å². The van der Waals surface area contributed by atoms with Crippen molar-refractivity contribution in [3.8, 4) is 0 Å². The number of nitrogens with one attached hydrogen (secondary N) is 1. The van der Waals surface area contributed by atoms with Crippen LogP contribution in [0.15, 0.2) is 71.5 Å². The number of hydrogen-bond donors (Lipinski definition) is 1. The zero-order valence-electron chi connectivity index (χ0n) is 16.1.